The summed E-state index contributed by atoms with van der Waals surface area (Å²) in [6.07, 6.45) is 2.56. The summed E-state index contributed by atoms with van der Waals surface area (Å²) in [5.74, 6) is 1.15. The molecule has 0 aromatic rings. The van der Waals surface area contributed by atoms with Gasteiger partial charge in [-0.15, -0.1) is 0 Å². The molecule has 0 N–H and O–H groups in total. The molecule has 0 aliphatic carbocycles. The number of nitrogens with zero attached hydrogens (tertiary/aromatic N) is 2. The molecule has 0 aliphatic heterocycles. The van der Waals surface area contributed by atoms with E-state index in [9.17, 15) is 10.1 Å². The van der Waals surface area contributed by atoms with E-state index in [4.69, 9.17) is 0 Å². The second-order valence-corrected chi connectivity index (χ2v) is 6.45. The smallest absolute Gasteiger partial charge is 0.242 e. The third-order valence-corrected chi connectivity index (χ3v) is 3.67. The average molecular weight is 266 g/mol. The molecule has 1 atom stereocenters. The largest absolute Gasteiger partial charge is 0.341 e. The first-order valence-electron chi connectivity index (χ1n) is 7.47. The van der Waals surface area contributed by atoms with Crippen molar-refractivity contribution < 1.29 is 4.79 Å². The molecule has 0 fully saturated rings. The van der Waals surface area contributed by atoms with Gasteiger partial charge >= 0.3 is 0 Å². The van der Waals surface area contributed by atoms with Gasteiger partial charge in [-0.25, -0.2) is 0 Å². The maximum absolute atomic E-state index is 12.6. The van der Waals surface area contributed by atoms with E-state index in [-0.39, 0.29) is 5.91 Å². The number of carbonyl (C=O) groups is 1. The van der Waals surface area contributed by atoms with Gasteiger partial charge in [0.25, 0.3) is 0 Å². The summed E-state index contributed by atoms with van der Waals surface area (Å²) < 4.78 is 0. The predicted octanol–water partition coefficient (Wildman–Crippen LogP) is 3.85. The lowest BCUT2D eigenvalue weighted by Gasteiger charge is -2.30. The van der Waals surface area contributed by atoms with Gasteiger partial charge in [0, 0.05) is 13.1 Å². The lowest BCUT2D eigenvalue weighted by molar-refractivity contribution is -0.138. The zero-order chi connectivity index (χ0) is 15.1. The van der Waals surface area contributed by atoms with Gasteiger partial charge in [-0.3, -0.25) is 4.79 Å². The van der Waals surface area contributed by atoms with E-state index in [1.807, 2.05) is 11.8 Å². The zero-order valence-electron chi connectivity index (χ0n) is 13.5. The van der Waals surface area contributed by atoms with Gasteiger partial charge in [-0.1, -0.05) is 34.6 Å². The van der Waals surface area contributed by atoms with Crippen LogP contribution in [0.2, 0.25) is 0 Å². The van der Waals surface area contributed by atoms with Crippen LogP contribution in [0.15, 0.2) is 0 Å². The number of hydrogen-bond donors (Lipinski definition) is 0. The van der Waals surface area contributed by atoms with E-state index >= 15 is 0 Å². The third-order valence-electron chi connectivity index (χ3n) is 3.67. The molecule has 3 nitrogen and oxygen atoms in total. The highest BCUT2D eigenvalue weighted by Crippen LogP contribution is 2.24. The van der Waals surface area contributed by atoms with Crippen LogP contribution in [0, 0.1) is 28.6 Å². The normalized spacial score (nSPS) is 14.3. The quantitative estimate of drug-likeness (QED) is 0.670. The Bertz CT molecular complexity index is 305. The highest BCUT2D eigenvalue weighted by Gasteiger charge is 2.34. The molecule has 0 rings (SSSR count). The van der Waals surface area contributed by atoms with Crippen LogP contribution < -0.4 is 0 Å². The third kappa shape index (κ3) is 6.09. The predicted molar refractivity (Wildman–Crippen MR) is 79.5 cm³/mol. The Morgan fingerprint density at radius 1 is 1.16 bits per heavy atom. The molecule has 0 saturated carbocycles. The molecule has 19 heavy (non-hydrogen) atoms. The van der Waals surface area contributed by atoms with Crippen LogP contribution in [0.3, 0.4) is 0 Å². The maximum atomic E-state index is 12.6. The molecule has 0 spiro atoms. The molecule has 1 unspecified atom stereocenters. The molecule has 3 heteroatoms. The summed E-state index contributed by atoms with van der Waals surface area (Å²) >= 11 is 0. The fourth-order valence-corrected chi connectivity index (χ4v) is 1.77. The van der Waals surface area contributed by atoms with Crippen molar-refractivity contribution in [3.63, 3.8) is 0 Å². The SMILES string of the molecule is CCC(C)(C#N)C(=O)N(CCC(C)C)CCC(C)C. The number of hydrogen-bond acceptors (Lipinski definition) is 2. The summed E-state index contributed by atoms with van der Waals surface area (Å²) in [6.45, 7) is 13.8. The summed E-state index contributed by atoms with van der Waals surface area (Å²) in [6, 6.07) is 2.19. The molecule has 0 saturated heterocycles. The van der Waals surface area contributed by atoms with Crippen molar-refractivity contribution in [3.8, 4) is 6.07 Å². The van der Waals surface area contributed by atoms with E-state index < -0.39 is 5.41 Å². The molecular formula is C16H30N2O. The highest BCUT2D eigenvalue weighted by molar-refractivity contribution is 5.85. The Balaban J connectivity index is 4.80. The molecule has 0 heterocycles. The summed E-state index contributed by atoms with van der Waals surface area (Å²) in [5, 5.41) is 9.26. The van der Waals surface area contributed by atoms with E-state index in [2.05, 4.69) is 33.8 Å². The van der Waals surface area contributed by atoms with Gasteiger partial charge < -0.3 is 4.90 Å². The van der Waals surface area contributed by atoms with E-state index in [0.717, 1.165) is 25.9 Å². The molecule has 0 aromatic carbocycles. The first kappa shape index (κ1) is 18.0. The number of amides is 1. The minimum absolute atomic E-state index is 0.00111. The lowest BCUT2D eigenvalue weighted by atomic mass is 9.87. The Morgan fingerprint density at radius 3 is 1.84 bits per heavy atom. The minimum atomic E-state index is -0.867. The van der Waals surface area contributed by atoms with Gasteiger partial charge in [0.2, 0.25) is 5.91 Å². The first-order valence-corrected chi connectivity index (χ1v) is 7.47. The zero-order valence-corrected chi connectivity index (χ0v) is 13.5. The fourth-order valence-electron chi connectivity index (χ4n) is 1.77. The molecule has 0 radical (unpaired) electrons. The van der Waals surface area contributed by atoms with E-state index in [0.29, 0.717) is 18.3 Å². The van der Waals surface area contributed by atoms with E-state index in [1.165, 1.54) is 0 Å². The topological polar surface area (TPSA) is 44.1 Å². The van der Waals surface area contributed by atoms with Crippen molar-refractivity contribution in [2.75, 3.05) is 13.1 Å². The summed E-state index contributed by atoms with van der Waals surface area (Å²) in [7, 11) is 0. The van der Waals surface area contributed by atoms with Crippen molar-refractivity contribution in [1.29, 1.82) is 5.26 Å². The highest BCUT2D eigenvalue weighted by atomic mass is 16.2. The van der Waals surface area contributed by atoms with E-state index in [1.54, 1.807) is 6.92 Å². The fraction of sp³-hybridized carbons (Fsp3) is 0.875. The molecule has 0 bridgehead atoms. The molecule has 0 aliphatic rings. The average Bonchev–Trinajstić information content (AvgIpc) is 2.36. The Morgan fingerprint density at radius 2 is 1.58 bits per heavy atom. The number of carbonyl (C=O) groups excluding carboxylic acids is 1. The first-order chi connectivity index (χ1) is 8.76. The Hall–Kier alpha value is -1.04. The molecule has 0 aromatic heterocycles. The second-order valence-electron chi connectivity index (χ2n) is 6.45. The second kappa shape index (κ2) is 8.19. The van der Waals surface area contributed by atoms with Crippen LogP contribution >= 0.6 is 0 Å². The van der Waals surface area contributed by atoms with Crippen LogP contribution in [0.25, 0.3) is 0 Å². The van der Waals surface area contributed by atoms with Crippen LogP contribution in [-0.4, -0.2) is 23.9 Å². The lowest BCUT2D eigenvalue weighted by Crippen LogP contribution is -2.43. The summed E-state index contributed by atoms with van der Waals surface area (Å²) in [5.41, 5.74) is -0.867. The van der Waals surface area contributed by atoms with Gasteiger partial charge in [0.05, 0.1) is 6.07 Å². The van der Waals surface area contributed by atoms with Crippen LogP contribution in [0.4, 0.5) is 0 Å². The number of nitriles is 1. The van der Waals surface area contributed by atoms with Crippen molar-refractivity contribution >= 4 is 5.91 Å². The number of rotatable bonds is 8. The van der Waals surface area contributed by atoms with Crippen LogP contribution in [-0.2, 0) is 4.79 Å². The Labute approximate surface area is 119 Å². The van der Waals surface area contributed by atoms with Crippen molar-refractivity contribution in [3.05, 3.63) is 0 Å². The van der Waals surface area contributed by atoms with Crippen LogP contribution in [0.1, 0.15) is 60.8 Å². The Kier molecular flexibility index (Phi) is 7.75. The molecule has 1 amide bonds. The van der Waals surface area contributed by atoms with Gasteiger partial charge in [0.1, 0.15) is 5.41 Å². The van der Waals surface area contributed by atoms with Gasteiger partial charge in [-0.2, -0.15) is 5.26 Å². The van der Waals surface area contributed by atoms with Gasteiger partial charge in [0.15, 0.2) is 0 Å². The molecule has 110 valence electrons. The maximum Gasteiger partial charge on any atom is 0.242 e. The van der Waals surface area contributed by atoms with Crippen LogP contribution in [0.5, 0.6) is 0 Å². The summed E-state index contributed by atoms with van der Waals surface area (Å²) in [4.78, 5) is 14.5. The van der Waals surface area contributed by atoms with Crippen molar-refractivity contribution in [2.45, 2.75) is 60.8 Å². The standard InChI is InChI=1S/C16H30N2O/c1-7-16(6,12-17)15(19)18(10-8-13(2)3)11-9-14(4)5/h13-14H,7-11H2,1-6H3. The van der Waals surface area contributed by atoms with Crippen molar-refractivity contribution in [2.24, 2.45) is 17.3 Å². The minimum Gasteiger partial charge on any atom is -0.341 e. The monoisotopic (exact) mass is 266 g/mol. The van der Waals surface area contributed by atoms with Gasteiger partial charge in [-0.05, 0) is 38.0 Å². The van der Waals surface area contributed by atoms with Crippen molar-refractivity contribution in [1.82, 2.24) is 4.90 Å². The molecular weight excluding hydrogens is 236 g/mol.